The van der Waals surface area contributed by atoms with E-state index in [1.54, 1.807) is 0 Å². The van der Waals surface area contributed by atoms with Crippen LogP contribution in [0.25, 0.3) is 4.96 Å². The van der Waals surface area contributed by atoms with Gasteiger partial charge in [0.2, 0.25) is 10.8 Å². The number of benzene rings is 1. The molecular weight excluding hydrogens is 324 g/mol. The van der Waals surface area contributed by atoms with Gasteiger partial charge < -0.3 is 9.84 Å². The molecule has 1 N–H and O–H groups in total. The highest BCUT2D eigenvalue weighted by Crippen LogP contribution is 2.40. The number of aromatic hydroxyl groups is 1. The summed E-state index contributed by atoms with van der Waals surface area (Å²) in [4.78, 5) is 8.17. The molecule has 1 aliphatic heterocycles. The normalized spacial score (nSPS) is 23.6. The number of hydrogen-bond acceptors (Lipinski definition) is 6. The van der Waals surface area contributed by atoms with Crippen LogP contribution in [0.4, 0.5) is 0 Å². The molecule has 4 rings (SSSR count). The molecule has 1 saturated heterocycles. The van der Waals surface area contributed by atoms with Crippen LogP contribution in [0.5, 0.6) is 5.88 Å². The molecule has 3 atom stereocenters. The highest BCUT2D eigenvalue weighted by atomic mass is 32.1. The molecule has 0 aliphatic carbocycles. The number of morpholine rings is 1. The van der Waals surface area contributed by atoms with Crippen molar-refractivity contribution in [2.75, 3.05) is 13.1 Å². The third-order valence-electron chi connectivity index (χ3n) is 4.32. The van der Waals surface area contributed by atoms with E-state index in [-0.39, 0.29) is 24.1 Å². The van der Waals surface area contributed by atoms with Crippen LogP contribution in [0.1, 0.15) is 30.3 Å². The Bertz CT molecular complexity index is 822. The maximum atomic E-state index is 10.7. The van der Waals surface area contributed by atoms with Crippen LogP contribution in [0.3, 0.4) is 0 Å². The van der Waals surface area contributed by atoms with Crippen LogP contribution in [0.2, 0.25) is 0 Å². The minimum Gasteiger partial charge on any atom is -0.492 e. The van der Waals surface area contributed by atoms with E-state index in [1.807, 2.05) is 18.2 Å². The van der Waals surface area contributed by atoms with Crippen LogP contribution in [-0.2, 0) is 4.74 Å². The smallest absolute Gasteiger partial charge is 0.230 e. The fourth-order valence-electron chi connectivity index (χ4n) is 3.46. The SMILES string of the molecule is C[C@@H]1CN([C@H](c2ccccc2)c2sc3ncnn3c2O)C[C@H](C)O1. The molecule has 3 heterocycles. The van der Waals surface area contributed by atoms with E-state index in [9.17, 15) is 5.11 Å². The van der Waals surface area contributed by atoms with Crippen molar-refractivity contribution in [3.8, 4) is 5.88 Å². The molecule has 2 aromatic heterocycles. The van der Waals surface area contributed by atoms with Crippen molar-refractivity contribution < 1.29 is 9.84 Å². The average molecular weight is 344 g/mol. The summed E-state index contributed by atoms with van der Waals surface area (Å²) >= 11 is 1.49. The van der Waals surface area contributed by atoms with Gasteiger partial charge in [0.1, 0.15) is 6.33 Å². The standard InChI is InChI=1S/C17H20N4O2S/c1-11-8-20(9-12(2)23-11)14(13-6-4-3-5-7-13)15-16(22)21-17(24-15)18-10-19-21/h3-7,10-12,14,22H,8-9H2,1-2H3/t11-,12+,14-/m1/s1. The predicted octanol–water partition coefficient (Wildman–Crippen LogP) is 2.70. The Morgan fingerprint density at radius 1 is 1.21 bits per heavy atom. The molecule has 6 nitrogen and oxygen atoms in total. The number of nitrogens with zero attached hydrogens (tertiary/aromatic N) is 4. The first-order valence-corrected chi connectivity index (χ1v) is 8.91. The second-order valence-corrected chi connectivity index (χ2v) is 7.28. The summed E-state index contributed by atoms with van der Waals surface area (Å²) in [5, 5.41) is 14.8. The lowest BCUT2D eigenvalue weighted by molar-refractivity contribution is -0.0764. The Morgan fingerprint density at radius 2 is 1.92 bits per heavy atom. The maximum Gasteiger partial charge on any atom is 0.230 e. The molecule has 0 saturated carbocycles. The van der Waals surface area contributed by atoms with E-state index < -0.39 is 0 Å². The molecule has 0 bridgehead atoms. The second-order valence-electron chi connectivity index (χ2n) is 6.27. The largest absolute Gasteiger partial charge is 0.492 e. The predicted molar refractivity (Wildman–Crippen MR) is 92.4 cm³/mol. The molecule has 1 aliphatic rings. The van der Waals surface area contributed by atoms with Gasteiger partial charge in [0.05, 0.1) is 23.1 Å². The summed E-state index contributed by atoms with van der Waals surface area (Å²) in [5.41, 5.74) is 1.15. The zero-order valence-corrected chi connectivity index (χ0v) is 14.5. The Labute approximate surface area is 144 Å². The molecule has 0 spiro atoms. The van der Waals surface area contributed by atoms with Gasteiger partial charge in [0, 0.05) is 13.1 Å². The second kappa shape index (κ2) is 6.16. The van der Waals surface area contributed by atoms with E-state index in [0.29, 0.717) is 4.96 Å². The van der Waals surface area contributed by atoms with Gasteiger partial charge in [0.25, 0.3) is 0 Å². The molecule has 24 heavy (non-hydrogen) atoms. The number of fused-ring (bicyclic) bond motifs is 1. The Balaban J connectivity index is 1.81. The zero-order valence-electron chi connectivity index (χ0n) is 13.7. The fourth-order valence-corrected chi connectivity index (χ4v) is 4.56. The minimum absolute atomic E-state index is 0.0338. The number of rotatable bonds is 3. The fraction of sp³-hybridized carbons (Fsp3) is 0.412. The number of hydrogen-bond donors (Lipinski definition) is 1. The first-order valence-electron chi connectivity index (χ1n) is 8.09. The Hall–Kier alpha value is -1.96. The molecule has 7 heteroatoms. The average Bonchev–Trinajstić information content (AvgIpc) is 3.12. The maximum absolute atomic E-state index is 10.7. The van der Waals surface area contributed by atoms with Crippen molar-refractivity contribution in [2.45, 2.75) is 32.1 Å². The third-order valence-corrected chi connectivity index (χ3v) is 5.40. The van der Waals surface area contributed by atoms with Gasteiger partial charge in [-0.2, -0.15) is 9.61 Å². The quantitative estimate of drug-likeness (QED) is 0.791. The molecule has 0 radical (unpaired) electrons. The highest BCUT2D eigenvalue weighted by molar-refractivity contribution is 7.17. The van der Waals surface area contributed by atoms with Gasteiger partial charge >= 0.3 is 0 Å². The van der Waals surface area contributed by atoms with Crippen molar-refractivity contribution in [3.63, 3.8) is 0 Å². The van der Waals surface area contributed by atoms with Crippen LogP contribution in [0.15, 0.2) is 36.7 Å². The van der Waals surface area contributed by atoms with Crippen LogP contribution >= 0.6 is 11.3 Å². The molecular formula is C17H20N4O2S. The summed E-state index contributed by atoms with van der Waals surface area (Å²) in [7, 11) is 0. The molecule has 0 amide bonds. The van der Waals surface area contributed by atoms with Gasteiger partial charge in [-0.1, -0.05) is 41.7 Å². The van der Waals surface area contributed by atoms with Crippen LogP contribution in [-0.4, -0.2) is 49.9 Å². The summed E-state index contributed by atoms with van der Waals surface area (Å²) in [6, 6.07) is 10.2. The topological polar surface area (TPSA) is 62.9 Å². The van der Waals surface area contributed by atoms with Crippen LogP contribution < -0.4 is 0 Å². The summed E-state index contributed by atoms with van der Waals surface area (Å²) in [6.07, 6.45) is 1.78. The Kier molecular flexibility index (Phi) is 3.99. The van der Waals surface area contributed by atoms with Crippen molar-refractivity contribution >= 4 is 16.3 Å². The van der Waals surface area contributed by atoms with E-state index in [1.165, 1.54) is 22.2 Å². The number of thiazole rings is 1. The zero-order chi connectivity index (χ0) is 16.7. The Morgan fingerprint density at radius 3 is 2.58 bits per heavy atom. The van der Waals surface area contributed by atoms with Gasteiger partial charge in [-0.3, -0.25) is 4.90 Å². The number of ether oxygens (including phenoxy) is 1. The lowest BCUT2D eigenvalue weighted by Crippen LogP contribution is -2.47. The lowest BCUT2D eigenvalue weighted by Gasteiger charge is -2.40. The van der Waals surface area contributed by atoms with Crippen molar-refractivity contribution in [2.24, 2.45) is 0 Å². The summed E-state index contributed by atoms with van der Waals surface area (Å²) < 4.78 is 7.39. The van der Waals surface area contributed by atoms with E-state index >= 15 is 0 Å². The lowest BCUT2D eigenvalue weighted by atomic mass is 10.0. The monoisotopic (exact) mass is 344 g/mol. The van der Waals surface area contributed by atoms with E-state index in [2.05, 4.69) is 41.0 Å². The van der Waals surface area contributed by atoms with Gasteiger partial charge in [-0.05, 0) is 19.4 Å². The van der Waals surface area contributed by atoms with Gasteiger partial charge in [-0.15, -0.1) is 0 Å². The van der Waals surface area contributed by atoms with Crippen LogP contribution in [0, 0.1) is 0 Å². The highest BCUT2D eigenvalue weighted by Gasteiger charge is 2.33. The van der Waals surface area contributed by atoms with Gasteiger partial charge in [0.15, 0.2) is 0 Å². The summed E-state index contributed by atoms with van der Waals surface area (Å²) in [5.74, 6) is 0.174. The molecule has 126 valence electrons. The van der Waals surface area contributed by atoms with E-state index in [4.69, 9.17) is 4.74 Å². The summed E-state index contributed by atoms with van der Waals surface area (Å²) in [6.45, 7) is 5.81. The van der Waals surface area contributed by atoms with Gasteiger partial charge in [-0.25, -0.2) is 4.98 Å². The number of aromatic nitrogens is 3. The molecule has 1 fully saturated rings. The first-order chi connectivity index (χ1) is 11.6. The molecule has 1 aromatic carbocycles. The minimum atomic E-state index is -0.0338. The third kappa shape index (κ3) is 2.68. The van der Waals surface area contributed by atoms with Crippen molar-refractivity contribution in [1.29, 1.82) is 0 Å². The van der Waals surface area contributed by atoms with E-state index in [0.717, 1.165) is 23.5 Å². The van der Waals surface area contributed by atoms with Crippen molar-refractivity contribution in [3.05, 3.63) is 47.1 Å². The van der Waals surface area contributed by atoms with Crippen molar-refractivity contribution in [1.82, 2.24) is 19.5 Å². The molecule has 3 aromatic rings. The molecule has 0 unspecified atom stereocenters. The first kappa shape index (κ1) is 15.6.